The average Bonchev–Trinajstić information content (AvgIpc) is 2.59. The molecule has 0 aliphatic rings. The molecule has 1 N–H and O–H groups in total. The van der Waals surface area contributed by atoms with Crippen molar-refractivity contribution in [3.05, 3.63) is 17.5 Å². The molecular formula is C9H10N2O5. The summed E-state index contributed by atoms with van der Waals surface area (Å²) >= 11 is 0. The second kappa shape index (κ2) is 4.56. The minimum absolute atomic E-state index is 0.121. The van der Waals surface area contributed by atoms with Crippen LogP contribution in [0.1, 0.15) is 27.8 Å². The third kappa shape index (κ3) is 2.25. The molecule has 86 valence electrons. The first-order chi connectivity index (χ1) is 7.47. The van der Waals surface area contributed by atoms with Crippen molar-refractivity contribution in [1.82, 2.24) is 9.78 Å². The van der Waals surface area contributed by atoms with Gasteiger partial charge in [0.1, 0.15) is 0 Å². The molecule has 0 saturated heterocycles. The zero-order chi connectivity index (χ0) is 12.3. The summed E-state index contributed by atoms with van der Waals surface area (Å²) in [4.78, 5) is 33.1. The van der Waals surface area contributed by atoms with Crippen LogP contribution in [0.5, 0.6) is 0 Å². The lowest BCUT2D eigenvalue weighted by Crippen LogP contribution is -2.17. The van der Waals surface area contributed by atoms with Crippen molar-refractivity contribution in [3.63, 3.8) is 0 Å². The fraction of sp³-hybridized carbons (Fsp3) is 0.333. The zero-order valence-corrected chi connectivity index (χ0v) is 8.76. The number of esters is 1. The fourth-order valence-electron chi connectivity index (χ4n) is 1.12. The summed E-state index contributed by atoms with van der Waals surface area (Å²) in [6, 6.07) is 0. The van der Waals surface area contributed by atoms with Crippen molar-refractivity contribution in [2.75, 3.05) is 6.61 Å². The summed E-state index contributed by atoms with van der Waals surface area (Å²) in [5.41, 5.74) is -0.551. The van der Waals surface area contributed by atoms with E-state index in [1.807, 2.05) is 0 Å². The summed E-state index contributed by atoms with van der Waals surface area (Å²) in [7, 11) is 1.47. The van der Waals surface area contributed by atoms with E-state index in [0.717, 1.165) is 0 Å². The molecule has 1 aromatic heterocycles. The summed E-state index contributed by atoms with van der Waals surface area (Å²) in [5.74, 6) is -3.64. The molecule has 0 bridgehead atoms. The Kier molecular flexibility index (Phi) is 3.39. The Morgan fingerprint density at radius 2 is 2.12 bits per heavy atom. The van der Waals surface area contributed by atoms with Gasteiger partial charge in [-0.1, -0.05) is 0 Å². The highest BCUT2D eigenvalue weighted by molar-refractivity contribution is 6.41. The second-order valence-corrected chi connectivity index (χ2v) is 2.92. The van der Waals surface area contributed by atoms with E-state index < -0.39 is 17.7 Å². The molecule has 0 amide bonds. The van der Waals surface area contributed by atoms with E-state index in [1.54, 1.807) is 6.92 Å². The molecule has 0 radical (unpaired) electrons. The number of carbonyl (C=O) groups excluding carboxylic acids is 2. The number of hydrogen-bond acceptors (Lipinski definition) is 5. The highest BCUT2D eigenvalue weighted by atomic mass is 16.5. The van der Waals surface area contributed by atoms with Gasteiger partial charge in [0.2, 0.25) is 0 Å². The first-order valence-corrected chi connectivity index (χ1v) is 4.45. The molecule has 0 unspecified atom stereocenters. The van der Waals surface area contributed by atoms with E-state index in [1.165, 1.54) is 17.9 Å². The molecule has 0 spiro atoms. The van der Waals surface area contributed by atoms with Gasteiger partial charge in [0.25, 0.3) is 5.78 Å². The van der Waals surface area contributed by atoms with Gasteiger partial charge in [0.15, 0.2) is 5.69 Å². The molecule has 0 aliphatic heterocycles. The van der Waals surface area contributed by atoms with Crippen LogP contribution < -0.4 is 0 Å². The Labute approximate surface area is 90.6 Å². The molecule has 1 rings (SSSR count). The van der Waals surface area contributed by atoms with Crippen LogP contribution in [-0.2, 0) is 16.6 Å². The maximum atomic E-state index is 11.4. The second-order valence-electron chi connectivity index (χ2n) is 2.92. The van der Waals surface area contributed by atoms with Gasteiger partial charge < -0.3 is 9.84 Å². The smallest absolute Gasteiger partial charge is 0.377 e. The van der Waals surface area contributed by atoms with Crippen molar-refractivity contribution in [1.29, 1.82) is 0 Å². The Hall–Kier alpha value is -2.18. The summed E-state index contributed by atoms with van der Waals surface area (Å²) in [6.45, 7) is 1.72. The average molecular weight is 226 g/mol. The maximum Gasteiger partial charge on any atom is 0.377 e. The van der Waals surface area contributed by atoms with Crippen molar-refractivity contribution in [3.8, 4) is 0 Å². The van der Waals surface area contributed by atoms with Crippen LogP contribution in [0.15, 0.2) is 6.20 Å². The van der Waals surface area contributed by atoms with E-state index in [4.69, 9.17) is 5.11 Å². The lowest BCUT2D eigenvalue weighted by Gasteiger charge is -1.98. The van der Waals surface area contributed by atoms with Gasteiger partial charge in [-0.3, -0.25) is 9.48 Å². The third-order valence-corrected chi connectivity index (χ3v) is 1.74. The quantitative estimate of drug-likeness (QED) is 0.436. The maximum absolute atomic E-state index is 11.4. The lowest BCUT2D eigenvalue weighted by molar-refractivity contribution is -0.131. The lowest BCUT2D eigenvalue weighted by atomic mass is 10.1. The number of aryl methyl sites for hydroxylation is 1. The predicted molar refractivity (Wildman–Crippen MR) is 51.1 cm³/mol. The van der Waals surface area contributed by atoms with Crippen molar-refractivity contribution < 1.29 is 24.2 Å². The van der Waals surface area contributed by atoms with Crippen LogP contribution in [0.2, 0.25) is 0 Å². The Morgan fingerprint density at radius 3 is 2.62 bits per heavy atom. The van der Waals surface area contributed by atoms with Gasteiger partial charge in [-0.2, -0.15) is 5.10 Å². The van der Waals surface area contributed by atoms with E-state index in [-0.39, 0.29) is 17.9 Å². The first-order valence-electron chi connectivity index (χ1n) is 4.45. The van der Waals surface area contributed by atoms with Crippen molar-refractivity contribution in [2.45, 2.75) is 6.92 Å². The molecule has 0 saturated carbocycles. The van der Waals surface area contributed by atoms with Crippen LogP contribution >= 0.6 is 0 Å². The molecule has 7 heteroatoms. The Balaban J connectivity index is 3.14. The van der Waals surface area contributed by atoms with Crippen LogP contribution in [0.25, 0.3) is 0 Å². The summed E-state index contributed by atoms with van der Waals surface area (Å²) < 4.78 is 5.83. The molecular weight excluding hydrogens is 216 g/mol. The van der Waals surface area contributed by atoms with E-state index in [2.05, 4.69) is 9.84 Å². The number of carboxylic acid groups (broad SMARTS) is 1. The largest absolute Gasteiger partial charge is 0.475 e. The number of carbonyl (C=O) groups is 3. The van der Waals surface area contributed by atoms with Gasteiger partial charge in [0.05, 0.1) is 12.2 Å². The SMILES string of the molecule is CCOC(=O)c1nn(C)cc1C(=O)C(=O)O. The van der Waals surface area contributed by atoms with Crippen molar-refractivity contribution in [2.24, 2.45) is 7.05 Å². The third-order valence-electron chi connectivity index (χ3n) is 1.74. The molecule has 1 aromatic rings. The van der Waals surface area contributed by atoms with Gasteiger partial charge in [-0.15, -0.1) is 0 Å². The van der Waals surface area contributed by atoms with E-state index >= 15 is 0 Å². The van der Waals surface area contributed by atoms with Gasteiger partial charge >= 0.3 is 11.9 Å². The number of hydrogen-bond donors (Lipinski definition) is 1. The van der Waals surface area contributed by atoms with Crippen molar-refractivity contribution >= 4 is 17.7 Å². The molecule has 0 aliphatic carbocycles. The zero-order valence-electron chi connectivity index (χ0n) is 8.76. The van der Waals surface area contributed by atoms with Crippen LogP contribution in [0, 0.1) is 0 Å². The number of ether oxygens (including phenoxy) is 1. The minimum atomic E-state index is -1.64. The van der Waals surface area contributed by atoms with Crippen LogP contribution in [0.4, 0.5) is 0 Å². The standard InChI is InChI=1S/C9H10N2O5/c1-3-16-9(15)6-5(4-11(2)10-6)7(12)8(13)14/h4H,3H2,1-2H3,(H,13,14). The molecule has 1 heterocycles. The summed E-state index contributed by atoms with van der Waals surface area (Å²) in [5, 5.41) is 12.2. The Bertz CT molecular complexity index is 449. The number of Topliss-reactive ketones (excluding diaryl/α,β-unsaturated/α-hetero) is 1. The van der Waals surface area contributed by atoms with E-state index in [9.17, 15) is 14.4 Å². The normalized spacial score (nSPS) is 9.88. The number of rotatable bonds is 4. The molecule has 0 atom stereocenters. The molecule has 0 fully saturated rings. The van der Waals surface area contributed by atoms with Crippen LogP contribution in [0.3, 0.4) is 0 Å². The minimum Gasteiger partial charge on any atom is -0.475 e. The Morgan fingerprint density at radius 1 is 1.50 bits per heavy atom. The highest BCUT2D eigenvalue weighted by Gasteiger charge is 2.26. The number of nitrogens with zero attached hydrogens (tertiary/aromatic N) is 2. The number of aliphatic carboxylic acids is 1. The first kappa shape index (κ1) is 11.9. The molecule has 16 heavy (non-hydrogen) atoms. The highest BCUT2D eigenvalue weighted by Crippen LogP contribution is 2.09. The van der Waals surface area contributed by atoms with Gasteiger partial charge in [-0.05, 0) is 6.92 Å². The van der Waals surface area contributed by atoms with Crippen LogP contribution in [-0.4, -0.2) is 39.2 Å². The monoisotopic (exact) mass is 226 g/mol. The summed E-state index contributed by atoms with van der Waals surface area (Å²) in [6.07, 6.45) is 1.17. The molecule has 0 aromatic carbocycles. The number of aromatic nitrogens is 2. The number of carboxylic acids is 1. The number of ketones is 1. The van der Waals surface area contributed by atoms with Gasteiger partial charge in [0, 0.05) is 13.2 Å². The van der Waals surface area contributed by atoms with Gasteiger partial charge in [-0.25, -0.2) is 9.59 Å². The fourth-order valence-corrected chi connectivity index (χ4v) is 1.12. The van der Waals surface area contributed by atoms with E-state index in [0.29, 0.717) is 0 Å². The topological polar surface area (TPSA) is 98.5 Å². The molecule has 7 nitrogen and oxygen atoms in total. The predicted octanol–water partition coefficient (Wildman–Crippen LogP) is -0.136.